The molecular formula is C25H31NO5S. The van der Waals surface area contributed by atoms with E-state index in [0.717, 1.165) is 29.0 Å². The highest BCUT2D eigenvalue weighted by Crippen LogP contribution is 2.49. The normalized spacial score (nSPS) is 23.5. The number of carbonyl (C=O) groups is 1. The first kappa shape index (κ1) is 22.6. The second-order valence-corrected chi connectivity index (χ2v) is 10.8. The van der Waals surface area contributed by atoms with Crippen LogP contribution < -0.4 is 9.47 Å². The Kier molecular flexibility index (Phi) is 6.74. The minimum atomic E-state index is -3.09. The molecule has 0 radical (unpaired) electrons. The van der Waals surface area contributed by atoms with Crippen molar-refractivity contribution < 1.29 is 22.7 Å². The average Bonchev–Trinajstić information content (AvgIpc) is 3.50. The lowest BCUT2D eigenvalue weighted by Crippen LogP contribution is -2.41. The summed E-state index contributed by atoms with van der Waals surface area (Å²) in [5.41, 5.74) is 2.11. The smallest absolute Gasteiger partial charge is 0.226 e. The summed E-state index contributed by atoms with van der Waals surface area (Å²) in [7, 11) is -3.09. The van der Waals surface area contributed by atoms with Gasteiger partial charge in [-0.25, -0.2) is 8.42 Å². The predicted octanol–water partition coefficient (Wildman–Crippen LogP) is 3.80. The van der Waals surface area contributed by atoms with Crippen LogP contribution in [0.4, 0.5) is 0 Å². The van der Waals surface area contributed by atoms with Gasteiger partial charge in [-0.15, -0.1) is 0 Å². The zero-order chi connectivity index (χ0) is 22.7. The van der Waals surface area contributed by atoms with Crippen LogP contribution in [0.15, 0.2) is 48.5 Å². The molecule has 172 valence electrons. The summed E-state index contributed by atoms with van der Waals surface area (Å²) in [6.45, 7) is 5.52. The van der Waals surface area contributed by atoms with E-state index in [9.17, 15) is 13.2 Å². The Morgan fingerprint density at radius 2 is 1.56 bits per heavy atom. The molecule has 2 aliphatic rings. The molecule has 3 unspecified atom stereocenters. The Balaban J connectivity index is 1.49. The molecule has 1 heterocycles. The molecule has 1 aliphatic heterocycles. The number of rotatable bonds is 9. The van der Waals surface area contributed by atoms with Crippen LogP contribution in [0.5, 0.6) is 11.5 Å². The molecule has 32 heavy (non-hydrogen) atoms. The monoisotopic (exact) mass is 457 g/mol. The van der Waals surface area contributed by atoms with Crippen LogP contribution >= 0.6 is 0 Å². The SMILES string of the molecule is CCOc1ccc(CN(C(=O)C2CC2c2ccc(OCC)cc2)C2CCS(=O)(=O)C2)cc1. The van der Waals surface area contributed by atoms with Gasteiger partial charge in [-0.3, -0.25) is 4.79 Å². The van der Waals surface area contributed by atoms with E-state index in [2.05, 4.69) is 0 Å². The Morgan fingerprint density at radius 1 is 0.969 bits per heavy atom. The number of amides is 1. The molecule has 1 amide bonds. The molecule has 0 N–H and O–H groups in total. The van der Waals surface area contributed by atoms with Gasteiger partial charge in [0.05, 0.1) is 24.7 Å². The van der Waals surface area contributed by atoms with Crippen LogP contribution in [-0.4, -0.2) is 50.0 Å². The second-order valence-electron chi connectivity index (χ2n) is 8.55. The Bertz CT molecular complexity index is 1030. The highest BCUT2D eigenvalue weighted by atomic mass is 32.2. The zero-order valence-corrected chi connectivity index (χ0v) is 19.5. The summed E-state index contributed by atoms with van der Waals surface area (Å²) in [5, 5.41) is 0. The van der Waals surface area contributed by atoms with Crippen molar-refractivity contribution in [1.29, 1.82) is 0 Å². The van der Waals surface area contributed by atoms with Crippen molar-refractivity contribution in [2.75, 3.05) is 24.7 Å². The van der Waals surface area contributed by atoms with Crippen LogP contribution in [0.25, 0.3) is 0 Å². The number of nitrogens with zero attached hydrogens (tertiary/aromatic N) is 1. The highest BCUT2D eigenvalue weighted by molar-refractivity contribution is 7.91. The third-order valence-electron chi connectivity index (χ3n) is 6.25. The van der Waals surface area contributed by atoms with Crippen molar-refractivity contribution >= 4 is 15.7 Å². The van der Waals surface area contributed by atoms with Gasteiger partial charge >= 0.3 is 0 Å². The molecule has 2 aromatic carbocycles. The molecule has 4 rings (SSSR count). The first-order valence-corrected chi connectivity index (χ1v) is 13.2. The van der Waals surface area contributed by atoms with Gasteiger partial charge in [0.15, 0.2) is 9.84 Å². The van der Waals surface area contributed by atoms with Gasteiger partial charge < -0.3 is 14.4 Å². The lowest BCUT2D eigenvalue weighted by molar-refractivity contribution is -0.135. The maximum atomic E-state index is 13.5. The fourth-order valence-corrected chi connectivity index (χ4v) is 6.22. The van der Waals surface area contributed by atoms with E-state index >= 15 is 0 Å². The molecule has 2 fully saturated rings. The molecule has 3 atom stereocenters. The van der Waals surface area contributed by atoms with E-state index in [1.54, 1.807) is 4.90 Å². The quantitative estimate of drug-likeness (QED) is 0.573. The summed E-state index contributed by atoms with van der Waals surface area (Å²) >= 11 is 0. The molecule has 0 spiro atoms. The topological polar surface area (TPSA) is 72.9 Å². The predicted molar refractivity (Wildman–Crippen MR) is 124 cm³/mol. The number of sulfone groups is 1. The standard InChI is InChI=1S/C25H31NO5S/c1-3-30-21-9-5-18(6-10-21)16-26(20-13-14-32(28,29)17-20)25(27)24-15-23(24)19-7-11-22(12-8-19)31-4-2/h5-12,20,23-24H,3-4,13-17H2,1-2H3. The molecule has 1 saturated heterocycles. The van der Waals surface area contributed by atoms with Gasteiger partial charge in [-0.2, -0.15) is 0 Å². The average molecular weight is 458 g/mol. The van der Waals surface area contributed by atoms with E-state index in [-0.39, 0.29) is 35.3 Å². The molecule has 1 saturated carbocycles. The lowest BCUT2D eigenvalue weighted by Gasteiger charge is -2.29. The molecule has 2 aromatic rings. The number of hydrogen-bond acceptors (Lipinski definition) is 5. The van der Waals surface area contributed by atoms with Crippen LogP contribution in [0.1, 0.15) is 43.7 Å². The van der Waals surface area contributed by atoms with Gasteiger partial charge in [-0.05, 0) is 68.0 Å². The first-order valence-electron chi connectivity index (χ1n) is 11.4. The maximum Gasteiger partial charge on any atom is 0.226 e. The number of hydrogen-bond donors (Lipinski definition) is 0. The maximum absolute atomic E-state index is 13.5. The number of benzene rings is 2. The lowest BCUT2D eigenvalue weighted by atomic mass is 10.1. The molecule has 1 aliphatic carbocycles. The Labute approximate surface area is 190 Å². The second kappa shape index (κ2) is 9.53. The van der Waals surface area contributed by atoms with Crippen LogP contribution in [0.3, 0.4) is 0 Å². The summed E-state index contributed by atoms with van der Waals surface area (Å²) < 4.78 is 35.3. The van der Waals surface area contributed by atoms with Crippen LogP contribution in [-0.2, 0) is 21.2 Å². The van der Waals surface area contributed by atoms with E-state index in [4.69, 9.17) is 9.47 Å². The van der Waals surface area contributed by atoms with Crippen molar-refractivity contribution in [2.24, 2.45) is 5.92 Å². The van der Waals surface area contributed by atoms with Gasteiger partial charge in [-0.1, -0.05) is 24.3 Å². The van der Waals surface area contributed by atoms with Gasteiger partial charge in [0.2, 0.25) is 5.91 Å². The molecule has 0 aromatic heterocycles. The fourth-order valence-electron chi connectivity index (χ4n) is 4.49. The largest absolute Gasteiger partial charge is 0.494 e. The van der Waals surface area contributed by atoms with Gasteiger partial charge in [0.1, 0.15) is 11.5 Å². The minimum absolute atomic E-state index is 0.0518. The third-order valence-corrected chi connectivity index (χ3v) is 8.00. The van der Waals surface area contributed by atoms with Crippen LogP contribution in [0.2, 0.25) is 0 Å². The molecular weight excluding hydrogens is 426 g/mol. The summed E-state index contributed by atoms with van der Waals surface area (Å²) in [6, 6.07) is 15.4. The number of ether oxygens (including phenoxy) is 2. The third kappa shape index (κ3) is 5.26. The molecule has 6 nitrogen and oxygen atoms in total. The summed E-state index contributed by atoms with van der Waals surface area (Å²) in [4.78, 5) is 15.3. The Morgan fingerprint density at radius 3 is 2.09 bits per heavy atom. The van der Waals surface area contributed by atoms with E-state index in [0.29, 0.717) is 26.2 Å². The van der Waals surface area contributed by atoms with Crippen molar-refractivity contribution in [3.8, 4) is 11.5 Å². The minimum Gasteiger partial charge on any atom is -0.494 e. The summed E-state index contributed by atoms with van der Waals surface area (Å²) in [6.07, 6.45) is 1.30. The summed E-state index contributed by atoms with van der Waals surface area (Å²) in [5.74, 6) is 1.95. The van der Waals surface area contributed by atoms with Crippen molar-refractivity contribution in [2.45, 2.75) is 45.2 Å². The van der Waals surface area contributed by atoms with Crippen molar-refractivity contribution in [1.82, 2.24) is 4.90 Å². The molecule has 7 heteroatoms. The van der Waals surface area contributed by atoms with E-state index in [1.807, 2.05) is 62.4 Å². The van der Waals surface area contributed by atoms with Crippen molar-refractivity contribution in [3.63, 3.8) is 0 Å². The van der Waals surface area contributed by atoms with Crippen molar-refractivity contribution in [3.05, 3.63) is 59.7 Å². The molecule has 0 bridgehead atoms. The Hall–Kier alpha value is -2.54. The van der Waals surface area contributed by atoms with E-state index < -0.39 is 9.84 Å². The highest BCUT2D eigenvalue weighted by Gasteiger charge is 2.48. The zero-order valence-electron chi connectivity index (χ0n) is 18.7. The number of carbonyl (C=O) groups excluding carboxylic acids is 1. The van der Waals surface area contributed by atoms with Crippen LogP contribution in [0, 0.1) is 5.92 Å². The first-order chi connectivity index (χ1) is 15.4. The van der Waals surface area contributed by atoms with Gasteiger partial charge in [0.25, 0.3) is 0 Å². The fraction of sp³-hybridized carbons (Fsp3) is 0.480. The van der Waals surface area contributed by atoms with E-state index in [1.165, 1.54) is 0 Å². The van der Waals surface area contributed by atoms with Gasteiger partial charge in [0, 0.05) is 18.5 Å².